The van der Waals surface area contributed by atoms with E-state index in [1.807, 2.05) is 36.4 Å². The predicted molar refractivity (Wildman–Crippen MR) is 87.8 cm³/mol. The van der Waals surface area contributed by atoms with Crippen LogP contribution in [0.5, 0.6) is 5.75 Å². The molecule has 3 nitrogen and oxygen atoms in total. The van der Waals surface area contributed by atoms with E-state index in [-0.39, 0.29) is 0 Å². The van der Waals surface area contributed by atoms with Crippen LogP contribution in [0.2, 0.25) is 5.02 Å². The number of halogens is 1. The van der Waals surface area contributed by atoms with E-state index in [1.165, 1.54) is 5.56 Å². The standard InChI is InChI=1S/C17H15ClN2O/c1-11-3-6-13(7-4-11)19-17-10-16(21-2)14-9-12(18)5-8-15(14)20-17/h3-10H,1-2H3,(H,19,20). The highest BCUT2D eigenvalue weighted by atomic mass is 35.5. The third kappa shape index (κ3) is 2.93. The molecule has 0 fully saturated rings. The van der Waals surface area contributed by atoms with Crippen LogP contribution in [0.4, 0.5) is 11.5 Å². The normalized spacial score (nSPS) is 10.6. The molecule has 4 heteroatoms. The van der Waals surface area contributed by atoms with Crippen molar-refractivity contribution in [1.29, 1.82) is 0 Å². The number of hydrogen-bond acceptors (Lipinski definition) is 3. The van der Waals surface area contributed by atoms with E-state index in [4.69, 9.17) is 16.3 Å². The second-order valence-corrected chi connectivity index (χ2v) is 5.30. The van der Waals surface area contributed by atoms with E-state index in [9.17, 15) is 0 Å². The second-order valence-electron chi connectivity index (χ2n) is 4.86. The molecule has 1 N–H and O–H groups in total. The number of anilines is 2. The molecule has 0 saturated heterocycles. The highest BCUT2D eigenvalue weighted by molar-refractivity contribution is 6.31. The Bertz CT molecular complexity index is 785. The number of benzene rings is 2. The Morgan fingerprint density at radius 3 is 2.52 bits per heavy atom. The van der Waals surface area contributed by atoms with Crippen molar-refractivity contribution in [3.63, 3.8) is 0 Å². The van der Waals surface area contributed by atoms with Crippen LogP contribution in [-0.2, 0) is 0 Å². The molecule has 0 bridgehead atoms. The smallest absolute Gasteiger partial charge is 0.134 e. The number of ether oxygens (including phenoxy) is 1. The van der Waals surface area contributed by atoms with Gasteiger partial charge >= 0.3 is 0 Å². The minimum atomic E-state index is 0.668. The van der Waals surface area contributed by atoms with E-state index in [1.54, 1.807) is 7.11 Å². The molecule has 0 radical (unpaired) electrons. The van der Waals surface area contributed by atoms with Crippen LogP contribution in [0.15, 0.2) is 48.5 Å². The Labute approximate surface area is 128 Å². The molecule has 0 unspecified atom stereocenters. The van der Waals surface area contributed by atoms with Gasteiger partial charge in [0.05, 0.1) is 12.6 Å². The summed E-state index contributed by atoms with van der Waals surface area (Å²) < 4.78 is 5.44. The number of aromatic nitrogens is 1. The van der Waals surface area contributed by atoms with E-state index >= 15 is 0 Å². The lowest BCUT2D eigenvalue weighted by Gasteiger charge is -2.11. The first-order valence-electron chi connectivity index (χ1n) is 6.64. The summed E-state index contributed by atoms with van der Waals surface area (Å²) in [6, 6.07) is 15.6. The number of fused-ring (bicyclic) bond motifs is 1. The monoisotopic (exact) mass is 298 g/mol. The molecule has 0 aliphatic rings. The maximum absolute atomic E-state index is 6.03. The second kappa shape index (κ2) is 5.62. The fourth-order valence-electron chi connectivity index (χ4n) is 2.18. The highest BCUT2D eigenvalue weighted by Gasteiger charge is 2.07. The minimum Gasteiger partial charge on any atom is -0.496 e. The summed E-state index contributed by atoms with van der Waals surface area (Å²) in [6.07, 6.45) is 0. The summed E-state index contributed by atoms with van der Waals surface area (Å²) in [6.45, 7) is 2.06. The molecule has 0 aliphatic heterocycles. The highest BCUT2D eigenvalue weighted by Crippen LogP contribution is 2.30. The van der Waals surface area contributed by atoms with Crippen LogP contribution < -0.4 is 10.1 Å². The molecule has 0 aliphatic carbocycles. The van der Waals surface area contributed by atoms with Gasteiger partial charge in [0.15, 0.2) is 0 Å². The van der Waals surface area contributed by atoms with Crippen LogP contribution in [0.1, 0.15) is 5.56 Å². The molecule has 1 heterocycles. The fourth-order valence-corrected chi connectivity index (χ4v) is 2.36. The Morgan fingerprint density at radius 2 is 1.81 bits per heavy atom. The first kappa shape index (κ1) is 13.7. The Kier molecular flexibility index (Phi) is 3.67. The van der Waals surface area contributed by atoms with E-state index in [0.717, 1.165) is 28.2 Å². The molecule has 106 valence electrons. The third-order valence-electron chi connectivity index (χ3n) is 3.28. The van der Waals surface area contributed by atoms with Gasteiger partial charge in [-0.2, -0.15) is 0 Å². The van der Waals surface area contributed by atoms with Crippen molar-refractivity contribution in [3.05, 3.63) is 59.1 Å². The SMILES string of the molecule is COc1cc(Nc2ccc(C)cc2)nc2ccc(Cl)cc12. The molecule has 0 saturated carbocycles. The van der Waals surface area contributed by atoms with Gasteiger partial charge in [-0.3, -0.25) is 0 Å². The maximum Gasteiger partial charge on any atom is 0.134 e. The van der Waals surface area contributed by atoms with Crippen molar-refractivity contribution in [3.8, 4) is 5.75 Å². The van der Waals surface area contributed by atoms with Crippen molar-refractivity contribution in [2.75, 3.05) is 12.4 Å². The fraction of sp³-hybridized carbons (Fsp3) is 0.118. The molecular weight excluding hydrogens is 284 g/mol. The topological polar surface area (TPSA) is 34.1 Å². The van der Waals surface area contributed by atoms with Gasteiger partial charge in [-0.15, -0.1) is 0 Å². The first-order valence-corrected chi connectivity index (χ1v) is 7.01. The van der Waals surface area contributed by atoms with Crippen LogP contribution in [0, 0.1) is 6.92 Å². The number of nitrogens with zero attached hydrogens (tertiary/aromatic N) is 1. The van der Waals surface area contributed by atoms with Gasteiger partial charge < -0.3 is 10.1 Å². The van der Waals surface area contributed by atoms with Crippen molar-refractivity contribution in [2.45, 2.75) is 6.92 Å². The van der Waals surface area contributed by atoms with Crippen molar-refractivity contribution < 1.29 is 4.74 Å². The molecule has 0 atom stereocenters. The molecule has 1 aromatic heterocycles. The predicted octanol–water partition coefficient (Wildman–Crippen LogP) is 4.95. The van der Waals surface area contributed by atoms with Crippen molar-refractivity contribution in [2.24, 2.45) is 0 Å². The van der Waals surface area contributed by atoms with Gasteiger partial charge in [0, 0.05) is 22.2 Å². The summed E-state index contributed by atoms with van der Waals surface area (Å²) in [5.41, 5.74) is 3.05. The third-order valence-corrected chi connectivity index (χ3v) is 3.51. The first-order chi connectivity index (χ1) is 10.2. The summed E-state index contributed by atoms with van der Waals surface area (Å²) in [7, 11) is 1.64. The van der Waals surface area contributed by atoms with Crippen LogP contribution in [-0.4, -0.2) is 12.1 Å². The maximum atomic E-state index is 6.03. The average molecular weight is 299 g/mol. The number of rotatable bonds is 3. The zero-order valence-corrected chi connectivity index (χ0v) is 12.6. The molecule has 0 amide bonds. The quantitative estimate of drug-likeness (QED) is 0.743. The largest absolute Gasteiger partial charge is 0.496 e. The lowest BCUT2D eigenvalue weighted by atomic mass is 10.2. The number of pyridine rings is 1. The Balaban J connectivity index is 2.03. The van der Waals surface area contributed by atoms with E-state index in [0.29, 0.717) is 5.02 Å². The van der Waals surface area contributed by atoms with Gasteiger partial charge in [0.25, 0.3) is 0 Å². The van der Waals surface area contributed by atoms with Crippen LogP contribution >= 0.6 is 11.6 Å². The van der Waals surface area contributed by atoms with E-state index < -0.39 is 0 Å². The molecule has 0 spiro atoms. The zero-order chi connectivity index (χ0) is 14.8. The Hall–Kier alpha value is -2.26. The minimum absolute atomic E-state index is 0.668. The summed E-state index contributed by atoms with van der Waals surface area (Å²) in [5.74, 6) is 1.49. The molecular formula is C17H15ClN2O. The molecule has 3 aromatic rings. The van der Waals surface area contributed by atoms with Gasteiger partial charge in [-0.25, -0.2) is 4.98 Å². The zero-order valence-electron chi connectivity index (χ0n) is 11.9. The summed E-state index contributed by atoms with van der Waals surface area (Å²) in [4.78, 5) is 4.59. The summed E-state index contributed by atoms with van der Waals surface area (Å²) >= 11 is 6.03. The van der Waals surface area contributed by atoms with Gasteiger partial charge in [0.1, 0.15) is 11.6 Å². The van der Waals surface area contributed by atoms with Crippen LogP contribution in [0.25, 0.3) is 10.9 Å². The average Bonchev–Trinajstić information content (AvgIpc) is 2.49. The number of methoxy groups -OCH3 is 1. The number of nitrogens with one attached hydrogen (secondary N) is 1. The Morgan fingerprint density at radius 1 is 1.05 bits per heavy atom. The summed E-state index contributed by atoms with van der Waals surface area (Å²) in [5, 5.41) is 4.86. The lowest BCUT2D eigenvalue weighted by Crippen LogP contribution is -1.96. The van der Waals surface area contributed by atoms with Crippen LogP contribution in [0.3, 0.4) is 0 Å². The van der Waals surface area contributed by atoms with E-state index in [2.05, 4.69) is 29.4 Å². The van der Waals surface area contributed by atoms with Gasteiger partial charge in [0.2, 0.25) is 0 Å². The molecule has 3 rings (SSSR count). The van der Waals surface area contributed by atoms with Crippen molar-refractivity contribution >= 4 is 34.0 Å². The molecule has 21 heavy (non-hydrogen) atoms. The number of hydrogen-bond donors (Lipinski definition) is 1. The van der Waals surface area contributed by atoms with Gasteiger partial charge in [-0.05, 0) is 37.3 Å². The van der Waals surface area contributed by atoms with Crippen molar-refractivity contribution in [1.82, 2.24) is 4.98 Å². The number of aryl methyl sites for hydroxylation is 1. The van der Waals surface area contributed by atoms with Gasteiger partial charge in [-0.1, -0.05) is 29.3 Å². The molecule has 2 aromatic carbocycles. The lowest BCUT2D eigenvalue weighted by molar-refractivity contribution is 0.419.